The molecule has 2 aliphatic carbocycles. The zero-order chi connectivity index (χ0) is 68.5. The van der Waals surface area contributed by atoms with Gasteiger partial charge >= 0.3 is 0 Å². The van der Waals surface area contributed by atoms with Gasteiger partial charge in [0, 0.05) is 45.0 Å². The summed E-state index contributed by atoms with van der Waals surface area (Å²) in [6.07, 6.45) is 9.16. The molecule has 0 aliphatic heterocycles. The third-order valence-electron chi connectivity index (χ3n) is 21.6. The van der Waals surface area contributed by atoms with Crippen molar-refractivity contribution < 1.29 is 0 Å². The molecule has 0 atom stereocenters. The van der Waals surface area contributed by atoms with Crippen LogP contribution >= 0.6 is 0 Å². The zero-order valence-electron chi connectivity index (χ0n) is 57.7. The monoisotopic (exact) mass is 1300 g/mol. The molecule has 16 aromatic rings. The standard InChI is InChI=1S/C100H74N2/c1-99(2)95-63-69(35-57-89(95)91-59-53-83(65-97(91)99)101(79-45-37-75(38-46-79)71-19-9-5-10-20-71)80-47-39-76(40-48-80)72-21-11-6-12-22-72)31-29-67-33-55-87-88-56-34-68(62-94(88)86-28-18-17-27-85(86)93(87)61-67)30-32-70-36-58-90-92-60-54-84(66-98(92)100(3,4)96(90)64-70)102(81-49-41-77(42-50-81)73-23-13-7-14-24-73)82-51-43-78(44-52-82)74-25-15-8-16-26-74/h5-66H,1-4H3/b31-29+,32-30+. The van der Waals surface area contributed by atoms with Crippen molar-refractivity contribution in [3.05, 3.63) is 396 Å². The Balaban J connectivity index is 0.606. The topological polar surface area (TPSA) is 6.48 Å². The Morgan fingerprint density at radius 3 is 0.716 bits per heavy atom. The fourth-order valence-corrected chi connectivity index (χ4v) is 16.2. The van der Waals surface area contributed by atoms with Crippen LogP contribution in [-0.2, 0) is 10.8 Å². The van der Waals surface area contributed by atoms with Crippen molar-refractivity contribution in [2.75, 3.05) is 9.80 Å². The first kappa shape index (κ1) is 61.7. The molecule has 18 rings (SSSR count). The Bertz CT molecular complexity index is 5370. The number of benzene rings is 16. The summed E-state index contributed by atoms with van der Waals surface area (Å²) < 4.78 is 0. The lowest BCUT2D eigenvalue weighted by molar-refractivity contribution is 0.660. The molecular formula is C100H74N2. The van der Waals surface area contributed by atoms with Crippen molar-refractivity contribution in [2.24, 2.45) is 0 Å². The second-order valence-corrected chi connectivity index (χ2v) is 28.5. The second kappa shape index (κ2) is 25.3. The van der Waals surface area contributed by atoms with Crippen LogP contribution in [0.1, 0.15) is 72.2 Å². The Hall–Kier alpha value is -12.6. The fraction of sp³-hybridized carbons (Fsp3) is 0.0600. The van der Waals surface area contributed by atoms with E-state index in [4.69, 9.17) is 0 Å². The lowest BCUT2D eigenvalue weighted by atomic mass is 9.81. The maximum atomic E-state index is 2.43. The van der Waals surface area contributed by atoms with Crippen LogP contribution < -0.4 is 9.80 Å². The largest absolute Gasteiger partial charge is 0.310 e. The molecule has 2 aliphatic rings. The average molecular weight is 1300 g/mol. The molecule has 0 amide bonds. The smallest absolute Gasteiger partial charge is 0.0465 e. The minimum absolute atomic E-state index is 0.234. The Labute approximate surface area is 598 Å². The van der Waals surface area contributed by atoms with Crippen molar-refractivity contribution in [1.82, 2.24) is 0 Å². The Morgan fingerprint density at radius 2 is 0.412 bits per heavy atom. The lowest BCUT2D eigenvalue weighted by Crippen LogP contribution is -2.16. The van der Waals surface area contributed by atoms with Gasteiger partial charge in [-0.3, -0.25) is 0 Å². The van der Waals surface area contributed by atoms with E-state index < -0.39 is 0 Å². The third kappa shape index (κ3) is 11.1. The van der Waals surface area contributed by atoms with Crippen molar-refractivity contribution in [3.63, 3.8) is 0 Å². The van der Waals surface area contributed by atoms with Crippen molar-refractivity contribution in [3.8, 4) is 66.8 Å². The van der Waals surface area contributed by atoms with E-state index in [1.54, 1.807) is 0 Å². The first-order valence-electron chi connectivity index (χ1n) is 35.6. The molecule has 16 aromatic carbocycles. The minimum Gasteiger partial charge on any atom is -0.310 e. The second-order valence-electron chi connectivity index (χ2n) is 28.5. The molecule has 0 saturated carbocycles. The summed E-state index contributed by atoms with van der Waals surface area (Å²) in [7, 11) is 0. The molecule has 0 heterocycles. The van der Waals surface area contributed by atoms with Crippen LogP contribution in [0.25, 0.3) is 123 Å². The van der Waals surface area contributed by atoms with Gasteiger partial charge in [0.05, 0.1) is 0 Å². The van der Waals surface area contributed by atoms with Crippen LogP contribution in [0.15, 0.2) is 352 Å². The Kier molecular flexibility index (Phi) is 15.3. The van der Waals surface area contributed by atoms with Gasteiger partial charge in [-0.1, -0.05) is 319 Å². The van der Waals surface area contributed by atoms with Gasteiger partial charge in [0.15, 0.2) is 0 Å². The summed E-state index contributed by atoms with van der Waals surface area (Å²) in [5.74, 6) is 0. The fourth-order valence-electron chi connectivity index (χ4n) is 16.2. The molecule has 484 valence electrons. The van der Waals surface area contributed by atoms with Gasteiger partial charge in [0.1, 0.15) is 0 Å². The van der Waals surface area contributed by atoms with Crippen molar-refractivity contribution in [1.29, 1.82) is 0 Å². The molecule has 0 aromatic heterocycles. The summed E-state index contributed by atoms with van der Waals surface area (Å²) in [6.45, 7) is 9.55. The normalized spacial score (nSPS) is 13.2. The number of hydrogen-bond donors (Lipinski definition) is 0. The van der Waals surface area contributed by atoms with Crippen LogP contribution in [0.2, 0.25) is 0 Å². The van der Waals surface area contributed by atoms with E-state index >= 15 is 0 Å². The predicted octanol–water partition coefficient (Wildman–Crippen LogP) is 27.7. The quantitative estimate of drug-likeness (QED) is 0.0791. The minimum atomic E-state index is -0.234. The van der Waals surface area contributed by atoms with Crippen LogP contribution in [0, 0.1) is 0 Å². The van der Waals surface area contributed by atoms with E-state index in [0.717, 1.165) is 34.1 Å². The molecule has 0 fully saturated rings. The van der Waals surface area contributed by atoms with E-state index in [0.29, 0.717) is 0 Å². The summed E-state index contributed by atoms with van der Waals surface area (Å²) in [5, 5.41) is 7.55. The number of fused-ring (bicyclic) bond motifs is 12. The molecule has 102 heavy (non-hydrogen) atoms. The van der Waals surface area contributed by atoms with E-state index in [1.165, 1.54) is 144 Å². The average Bonchev–Trinajstić information content (AvgIpc) is 1.46. The molecular weight excluding hydrogens is 1230 g/mol. The van der Waals surface area contributed by atoms with Gasteiger partial charge in [-0.05, 0) is 229 Å². The Morgan fingerprint density at radius 1 is 0.186 bits per heavy atom. The van der Waals surface area contributed by atoms with Crippen molar-refractivity contribution >= 4 is 90.7 Å². The van der Waals surface area contributed by atoms with Crippen LogP contribution in [0.4, 0.5) is 34.1 Å². The number of rotatable bonds is 14. The highest BCUT2D eigenvalue weighted by Gasteiger charge is 2.38. The van der Waals surface area contributed by atoms with Gasteiger partial charge in [-0.25, -0.2) is 0 Å². The van der Waals surface area contributed by atoms with Gasteiger partial charge in [0.2, 0.25) is 0 Å². The molecule has 2 nitrogen and oxygen atoms in total. The summed E-state index contributed by atoms with van der Waals surface area (Å²) >= 11 is 0. The molecule has 0 N–H and O–H groups in total. The molecule has 0 saturated heterocycles. The van der Waals surface area contributed by atoms with Crippen LogP contribution in [0.3, 0.4) is 0 Å². The molecule has 0 radical (unpaired) electrons. The molecule has 2 heteroatoms. The summed E-state index contributed by atoms with van der Waals surface area (Å²) in [4.78, 5) is 4.81. The number of nitrogens with zero attached hydrogens (tertiary/aromatic N) is 2. The highest BCUT2D eigenvalue weighted by molar-refractivity contribution is 6.26. The maximum absolute atomic E-state index is 2.43. The van der Waals surface area contributed by atoms with Gasteiger partial charge in [-0.15, -0.1) is 0 Å². The SMILES string of the molecule is CC1(C)c2cc(/C=C/c3ccc4c5ccc(/C=C/c6ccc7c(c6)C(C)(C)c6cc(N(c8ccc(-c9ccccc9)cc8)c8ccc(-c9ccccc9)cc8)ccc6-7)cc5c5ccccc5c4c3)ccc2-c2ccc(N(c3ccc(-c4ccccc4)cc3)c3ccc(-c4ccccc4)cc3)cc21. The van der Waals surface area contributed by atoms with E-state index in [-0.39, 0.29) is 10.8 Å². The lowest BCUT2D eigenvalue weighted by Gasteiger charge is -2.28. The van der Waals surface area contributed by atoms with Gasteiger partial charge in [0.25, 0.3) is 0 Å². The van der Waals surface area contributed by atoms with Gasteiger partial charge < -0.3 is 9.80 Å². The summed E-state index contributed by atoms with van der Waals surface area (Å²) in [6, 6.07) is 130. The van der Waals surface area contributed by atoms with Crippen molar-refractivity contribution in [2.45, 2.75) is 38.5 Å². The number of hydrogen-bond acceptors (Lipinski definition) is 2. The van der Waals surface area contributed by atoms with E-state index in [1.807, 2.05) is 0 Å². The van der Waals surface area contributed by atoms with Crippen LogP contribution in [0.5, 0.6) is 0 Å². The maximum Gasteiger partial charge on any atom is 0.0465 e. The molecule has 0 bridgehead atoms. The first-order chi connectivity index (χ1) is 50.0. The predicted molar refractivity (Wildman–Crippen MR) is 436 cm³/mol. The zero-order valence-corrected chi connectivity index (χ0v) is 57.7. The highest BCUT2D eigenvalue weighted by atomic mass is 15.1. The number of anilines is 6. The first-order valence-corrected chi connectivity index (χ1v) is 35.6. The summed E-state index contributed by atoms with van der Waals surface area (Å²) in [5.41, 5.74) is 31.1. The van der Waals surface area contributed by atoms with E-state index in [9.17, 15) is 0 Å². The molecule has 0 unspecified atom stereocenters. The van der Waals surface area contributed by atoms with Gasteiger partial charge in [-0.2, -0.15) is 0 Å². The highest BCUT2D eigenvalue weighted by Crippen LogP contribution is 2.54. The third-order valence-corrected chi connectivity index (χ3v) is 21.6. The molecule has 0 spiro atoms. The van der Waals surface area contributed by atoms with Crippen LogP contribution in [-0.4, -0.2) is 0 Å². The van der Waals surface area contributed by atoms with E-state index in [2.05, 4.69) is 414 Å².